The highest BCUT2D eigenvalue weighted by Gasteiger charge is 2.11. The van der Waals surface area contributed by atoms with Crippen molar-refractivity contribution in [2.24, 2.45) is 0 Å². The molecular formula is C19H17ClN2O4. The lowest BCUT2D eigenvalue weighted by Gasteiger charge is -2.06. The van der Waals surface area contributed by atoms with E-state index < -0.39 is 5.97 Å². The van der Waals surface area contributed by atoms with Crippen LogP contribution in [0.4, 0.5) is 0 Å². The molecule has 26 heavy (non-hydrogen) atoms. The molecule has 0 aliphatic heterocycles. The van der Waals surface area contributed by atoms with E-state index in [4.69, 9.17) is 25.6 Å². The zero-order chi connectivity index (χ0) is 18.4. The first kappa shape index (κ1) is 17.9. The highest BCUT2D eigenvalue weighted by Crippen LogP contribution is 2.19. The summed E-state index contributed by atoms with van der Waals surface area (Å²) in [6, 6.07) is 14.6. The molecule has 6 nitrogen and oxygen atoms in total. The number of hydrogen-bond donors (Lipinski definition) is 0. The van der Waals surface area contributed by atoms with Crippen molar-refractivity contribution in [1.29, 1.82) is 0 Å². The summed E-state index contributed by atoms with van der Waals surface area (Å²) in [7, 11) is 0. The number of nitrogens with zero attached hydrogens (tertiary/aromatic N) is 2. The Balaban J connectivity index is 1.47. The zero-order valence-electron chi connectivity index (χ0n) is 14.1. The predicted octanol–water partition coefficient (Wildman–Crippen LogP) is 4.07. The SMILES string of the molecule is CCc1ccc(OCC(=O)OCc2nc(-c3ccc(Cl)cc3)no2)cc1. The van der Waals surface area contributed by atoms with Crippen LogP contribution in [0.1, 0.15) is 18.4 Å². The zero-order valence-corrected chi connectivity index (χ0v) is 14.9. The van der Waals surface area contributed by atoms with E-state index in [-0.39, 0.29) is 19.1 Å². The molecule has 1 aromatic heterocycles. The van der Waals surface area contributed by atoms with Crippen molar-refractivity contribution >= 4 is 17.6 Å². The first-order valence-corrected chi connectivity index (χ1v) is 8.47. The topological polar surface area (TPSA) is 74.5 Å². The normalized spacial score (nSPS) is 10.5. The average Bonchev–Trinajstić information content (AvgIpc) is 3.14. The minimum atomic E-state index is -0.518. The fourth-order valence-electron chi connectivity index (χ4n) is 2.18. The number of ether oxygens (including phenoxy) is 2. The summed E-state index contributed by atoms with van der Waals surface area (Å²) in [5.74, 6) is 0.702. The van der Waals surface area contributed by atoms with Gasteiger partial charge in [0.05, 0.1) is 0 Å². The van der Waals surface area contributed by atoms with Crippen LogP contribution in [0.25, 0.3) is 11.4 Å². The fourth-order valence-corrected chi connectivity index (χ4v) is 2.30. The van der Waals surface area contributed by atoms with E-state index in [0.717, 1.165) is 12.0 Å². The first-order valence-electron chi connectivity index (χ1n) is 8.10. The van der Waals surface area contributed by atoms with E-state index in [1.807, 2.05) is 24.3 Å². The summed E-state index contributed by atoms with van der Waals surface area (Å²) < 4.78 is 15.5. The molecule has 1 heterocycles. The molecule has 2 aromatic carbocycles. The van der Waals surface area contributed by atoms with Crippen molar-refractivity contribution in [3.63, 3.8) is 0 Å². The quantitative estimate of drug-likeness (QED) is 0.582. The lowest BCUT2D eigenvalue weighted by molar-refractivity contribution is -0.148. The minimum Gasteiger partial charge on any atom is -0.482 e. The predicted molar refractivity (Wildman–Crippen MR) is 95.9 cm³/mol. The molecule has 0 N–H and O–H groups in total. The van der Waals surface area contributed by atoms with Gasteiger partial charge in [-0.1, -0.05) is 35.8 Å². The molecule has 3 aromatic rings. The van der Waals surface area contributed by atoms with Crippen molar-refractivity contribution in [1.82, 2.24) is 10.1 Å². The largest absolute Gasteiger partial charge is 0.482 e. The van der Waals surface area contributed by atoms with E-state index in [2.05, 4.69) is 17.1 Å². The first-order chi connectivity index (χ1) is 12.6. The second-order valence-corrected chi connectivity index (χ2v) is 5.90. The Morgan fingerprint density at radius 2 is 1.85 bits per heavy atom. The summed E-state index contributed by atoms with van der Waals surface area (Å²) in [4.78, 5) is 16.0. The molecule has 0 aliphatic carbocycles. The molecule has 3 rings (SSSR count). The number of aromatic nitrogens is 2. The van der Waals surface area contributed by atoms with Gasteiger partial charge in [-0.3, -0.25) is 0 Å². The van der Waals surface area contributed by atoms with E-state index in [1.165, 1.54) is 5.56 Å². The summed E-state index contributed by atoms with van der Waals surface area (Å²) in [5, 5.41) is 4.47. The van der Waals surface area contributed by atoms with Crippen LogP contribution in [0.3, 0.4) is 0 Å². The van der Waals surface area contributed by atoms with Crippen molar-refractivity contribution in [3.05, 3.63) is 65.0 Å². The van der Waals surface area contributed by atoms with Crippen LogP contribution in [0, 0.1) is 0 Å². The van der Waals surface area contributed by atoms with Crippen LogP contribution in [0.2, 0.25) is 5.02 Å². The Bertz CT molecular complexity index is 860. The smallest absolute Gasteiger partial charge is 0.344 e. The van der Waals surface area contributed by atoms with Crippen LogP contribution in [-0.4, -0.2) is 22.7 Å². The van der Waals surface area contributed by atoms with Gasteiger partial charge < -0.3 is 14.0 Å². The number of aryl methyl sites for hydroxylation is 1. The molecule has 7 heteroatoms. The van der Waals surface area contributed by atoms with Gasteiger partial charge in [0.2, 0.25) is 5.82 Å². The lowest BCUT2D eigenvalue weighted by atomic mass is 10.2. The molecule has 0 atom stereocenters. The molecule has 0 bridgehead atoms. The van der Waals surface area contributed by atoms with Gasteiger partial charge in [-0.25, -0.2) is 4.79 Å². The van der Waals surface area contributed by atoms with E-state index in [9.17, 15) is 4.79 Å². The number of hydrogen-bond acceptors (Lipinski definition) is 6. The second kappa shape index (κ2) is 8.49. The molecule has 0 fully saturated rings. The Morgan fingerprint density at radius 1 is 1.12 bits per heavy atom. The van der Waals surface area contributed by atoms with Gasteiger partial charge in [0.1, 0.15) is 5.75 Å². The van der Waals surface area contributed by atoms with Crippen molar-refractivity contribution < 1.29 is 18.8 Å². The molecule has 0 spiro atoms. The number of benzene rings is 2. The van der Waals surface area contributed by atoms with Crippen LogP contribution >= 0.6 is 11.6 Å². The maximum absolute atomic E-state index is 11.8. The number of carbonyl (C=O) groups excluding carboxylic acids is 1. The van der Waals surface area contributed by atoms with Gasteiger partial charge in [-0.2, -0.15) is 4.98 Å². The Labute approximate surface area is 155 Å². The third-order valence-electron chi connectivity index (χ3n) is 3.62. The van der Waals surface area contributed by atoms with Gasteiger partial charge in [-0.15, -0.1) is 0 Å². The molecule has 0 saturated heterocycles. The molecule has 0 saturated carbocycles. The summed E-state index contributed by atoms with van der Waals surface area (Å²) in [5.41, 5.74) is 1.96. The van der Waals surface area contributed by atoms with Crippen LogP contribution in [-0.2, 0) is 22.6 Å². The lowest BCUT2D eigenvalue weighted by Crippen LogP contribution is -2.14. The van der Waals surface area contributed by atoms with E-state index >= 15 is 0 Å². The van der Waals surface area contributed by atoms with E-state index in [1.54, 1.807) is 24.3 Å². The number of carbonyl (C=O) groups is 1. The van der Waals surface area contributed by atoms with Crippen LogP contribution < -0.4 is 4.74 Å². The Kier molecular flexibility index (Phi) is 5.86. The van der Waals surface area contributed by atoms with Crippen molar-refractivity contribution in [2.45, 2.75) is 20.0 Å². The standard InChI is InChI=1S/C19H17ClN2O4/c1-2-13-3-9-16(10-4-13)24-12-18(23)25-11-17-21-19(22-26-17)14-5-7-15(20)8-6-14/h3-10H,2,11-12H2,1H3. The maximum atomic E-state index is 11.8. The Hall–Kier alpha value is -2.86. The summed E-state index contributed by atoms with van der Waals surface area (Å²) >= 11 is 5.84. The second-order valence-electron chi connectivity index (χ2n) is 5.47. The molecule has 0 unspecified atom stereocenters. The summed E-state index contributed by atoms with van der Waals surface area (Å²) in [6.07, 6.45) is 0.949. The molecule has 0 amide bonds. The fraction of sp³-hybridized carbons (Fsp3) is 0.211. The van der Waals surface area contributed by atoms with Crippen LogP contribution in [0.15, 0.2) is 53.1 Å². The van der Waals surface area contributed by atoms with Gasteiger partial charge in [0.15, 0.2) is 13.2 Å². The van der Waals surface area contributed by atoms with Crippen LogP contribution in [0.5, 0.6) is 5.75 Å². The molecule has 0 radical (unpaired) electrons. The van der Waals surface area contributed by atoms with Gasteiger partial charge in [0, 0.05) is 10.6 Å². The van der Waals surface area contributed by atoms with Crippen molar-refractivity contribution in [3.8, 4) is 17.1 Å². The molecule has 134 valence electrons. The van der Waals surface area contributed by atoms with E-state index in [0.29, 0.717) is 16.6 Å². The monoisotopic (exact) mass is 372 g/mol. The highest BCUT2D eigenvalue weighted by molar-refractivity contribution is 6.30. The molecular weight excluding hydrogens is 356 g/mol. The summed E-state index contributed by atoms with van der Waals surface area (Å²) in [6.45, 7) is 1.77. The third kappa shape index (κ3) is 4.83. The third-order valence-corrected chi connectivity index (χ3v) is 3.87. The van der Waals surface area contributed by atoms with Crippen molar-refractivity contribution in [2.75, 3.05) is 6.61 Å². The number of rotatable bonds is 7. The molecule has 0 aliphatic rings. The maximum Gasteiger partial charge on any atom is 0.344 e. The minimum absolute atomic E-state index is 0.114. The highest BCUT2D eigenvalue weighted by atomic mass is 35.5. The average molecular weight is 373 g/mol. The Morgan fingerprint density at radius 3 is 2.54 bits per heavy atom. The number of halogens is 1. The van der Waals surface area contributed by atoms with Gasteiger partial charge in [-0.05, 0) is 48.4 Å². The van der Waals surface area contributed by atoms with Gasteiger partial charge in [0.25, 0.3) is 5.89 Å². The number of esters is 1. The van der Waals surface area contributed by atoms with Gasteiger partial charge >= 0.3 is 5.97 Å².